The van der Waals surface area contributed by atoms with Crippen molar-refractivity contribution >= 4 is 45.0 Å². The van der Waals surface area contributed by atoms with Crippen molar-refractivity contribution in [2.24, 2.45) is 4.99 Å². The van der Waals surface area contributed by atoms with Crippen molar-refractivity contribution in [1.29, 1.82) is 0 Å². The van der Waals surface area contributed by atoms with Gasteiger partial charge in [-0.1, -0.05) is 72.0 Å². The zero-order valence-electron chi connectivity index (χ0n) is 19.4. The molecule has 0 fully saturated rings. The molecular weight excluding hydrogens is 536 g/mol. The van der Waals surface area contributed by atoms with E-state index in [0.29, 0.717) is 19.6 Å². The van der Waals surface area contributed by atoms with Gasteiger partial charge in [-0.2, -0.15) is 0 Å². The van der Waals surface area contributed by atoms with Crippen LogP contribution in [0.5, 0.6) is 5.75 Å². The summed E-state index contributed by atoms with van der Waals surface area (Å²) in [7, 11) is 0. The van der Waals surface area contributed by atoms with Crippen molar-refractivity contribution in [3.63, 3.8) is 0 Å². The van der Waals surface area contributed by atoms with Crippen LogP contribution in [0, 0.1) is 0 Å². The maximum absolute atomic E-state index is 13.8. The van der Waals surface area contributed by atoms with Crippen LogP contribution in [-0.2, 0) is 11.2 Å². The third kappa shape index (κ3) is 3.98. The van der Waals surface area contributed by atoms with E-state index in [1.165, 1.54) is 29.4 Å². The number of hydrogen-bond acceptors (Lipinski definition) is 5. The molecule has 1 aliphatic carbocycles. The fourth-order valence-corrected chi connectivity index (χ4v) is 6.43. The number of thiazole rings is 1. The maximum atomic E-state index is 13.8. The molecule has 4 aromatic rings. The zero-order chi connectivity index (χ0) is 24.8. The van der Waals surface area contributed by atoms with Crippen LogP contribution >= 0.6 is 27.3 Å². The first kappa shape index (κ1) is 22.9. The molecule has 36 heavy (non-hydrogen) atoms. The fraction of sp³-hybridized carbons (Fsp3) is 0.138. The van der Waals surface area contributed by atoms with E-state index in [4.69, 9.17) is 9.73 Å². The summed E-state index contributed by atoms with van der Waals surface area (Å²) in [6.45, 7) is 1.36. The Balaban J connectivity index is 1.54. The highest BCUT2D eigenvalue weighted by Crippen LogP contribution is 2.41. The lowest BCUT2D eigenvalue weighted by atomic mass is 9.83. The Kier molecular flexibility index (Phi) is 5.82. The molecule has 2 aliphatic rings. The van der Waals surface area contributed by atoms with Gasteiger partial charge < -0.3 is 4.74 Å². The quantitative estimate of drug-likeness (QED) is 0.263. The Morgan fingerprint density at radius 3 is 2.64 bits per heavy atom. The van der Waals surface area contributed by atoms with Crippen molar-refractivity contribution in [3.8, 4) is 5.75 Å². The van der Waals surface area contributed by atoms with Gasteiger partial charge in [-0.3, -0.25) is 14.2 Å². The predicted octanol–water partition coefficient (Wildman–Crippen LogP) is 5.01. The molecule has 178 valence electrons. The number of ether oxygens (including phenoxy) is 1. The van der Waals surface area contributed by atoms with Crippen molar-refractivity contribution in [2.45, 2.75) is 25.8 Å². The summed E-state index contributed by atoms with van der Waals surface area (Å²) in [5, 5.41) is 0. The van der Waals surface area contributed by atoms with Gasteiger partial charge in [0.1, 0.15) is 5.75 Å². The van der Waals surface area contributed by atoms with Crippen LogP contribution in [0.15, 0.2) is 92.6 Å². The molecule has 2 heterocycles. The molecular formula is C29H21BrN2O3S. The summed E-state index contributed by atoms with van der Waals surface area (Å²) >= 11 is 4.86. The van der Waals surface area contributed by atoms with E-state index in [9.17, 15) is 9.59 Å². The summed E-state index contributed by atoms with van der Waals surface area (Å²) < 4.78 is 8.30. The summed E-state index contributed by atoms with van der Waals surface area (Å²) in [5.41, 5.74) is 6.48. The van der Waals surface area contributed by atoms with Crippen LogP contribution in [-0.4, -0.2) is 10.5 Å². The topological polar surface area (TPSA) is 60.7 Å². The molecule has 0 spiro atoms. The molecule has 0 bridgehead atoms. The molecule has 6 rings (SSSR count). The second-order valence-corrected chi connectivity index (χ2v) is 10.7. The van der Waals surface area contributed by atoms with Crippen LogP contribution in [0.1, 0.15) is 41.6 Å². The van der Waals surface area contributed by atoms with Gasteiger partial charge in [0.2, 0.25) is 0 Å². The van der Waals surface area contributed by atoms with Gasteiger partial charge in [-0.05, 0) is 69.2 Å². The van der Waals surface area contributed by atoms with E-state index >= 15 is 0 Å². The molecule has 0 unspecified atom stereocenters. The maximum Gasteiger partial charge on any atom is 0.308 e. The van der Waals surface area contributed by atoms with Crippen LogP contribution in [0.3, 0.4) is 0 Å². The van der Waals surface area contributed by atoms with Gasteiger partial charge in [0.15, 0.2) is 4.80 Å². The van der Waals surface area contributed by atoms with Crippen LogP contribution in [0.25, 0.3) is 11.8 Å². The predicted molar refractivity (Wildman–Crippen MR) is 145 cm³/mol. The Bertz CT molecular complexity index is 1730. The lowest BCUT2D eigenvalue weighted by Crippen LogP contribution is -2.38. The van der Waals surface area contributed by atoms with Crippen LogP contribution in [0.2, 0.25) is 0 Å². The molecule has 7 heteroatoms. The number of fused-ring (bicyclic) bond motifs is 3. The van der Waals surface area contributed by atoms with E-state index in [2.05, 4.69) is 52.3 Å². The Labute approximate surface area is 219 Å². The fourth-order valence-electron chi connectivity index (χ4n) is 4.95. The average Bonchev–Trinajstić information content (AvgIpc) is 3.19. The monoisotopic (exact) mass is 556 g/mol. The third-order valence-corrected chi connectivity index (χ3v) is 8.10. The lowest BCUT2D eigenvalue weighted by Gasteiger charge is -2.30. The highest BCUT2D eigenvalue weighted by atomic mass is 79.9. The van der Waals surface area contributed by atoms with Crippen LogP contribution < -0.4 is 19.6 Å². The Hall–Kier alpha value is -3.55. The van der Waals surface area contributed by atoms with Gasteiger partial charge in [-0.15, -0.1) is 0 Å². The lowest BCUT2D eigenvalue weighted by molar-refractivity contribution is -0.131. The first-order valence-electron chi connectivity index (χ1n) is 11.7. The molecule has 0 radical (unpaired) electrons. The van der Waals surface area contributed by atoms with Gasteiger partial charge in [0, 0.05) is 12.5 Å². The molecule has 0 amide bonds. The minimum atomic E-state index is -0.386. The number of nitrogens with zero attached hydrogens (tertiary/aromatic N) is 2. The SMILES string of the molecule is CC(=O)Oc1ccc(/C=c2/sc3n(c2=O)[C@@H](c2ccccc2)C2=C(N=3)c3ccccc3CC2)cc1Br. The van der Waals surface area contributed by atoms with E-state index in [-0.39, 0.29) is 17.6 Å². The molecule has 1 atom stereocenters. The van der Waals surface area contributed by atoms with Crippen molar-refractivity contribution in [1.82, 2.24) is 4.57 Å². The number of carbonyl (C=O) groups is 1. The van der Waals surface area contributed by atoms with E-state index in [0.717, 1.165) is 35.2 Å². The Morgan fingerprint density at radius 2 is 1.86 bits per heavy atom. The molecule has 1 aliphatic heterocycles. The number of allylic oxidation sites excluding steroid dienone is 1. The second-order valence-electron chi connectivity index (χ2n) is 8.81. The number of benzene rings is 3. The molecule has 0 N–H and O–H groups in total. The smallest absolute Gasteiger partial charge is 0.308 e. The number of hydrogen-bond donors (Lipinski definition) is 0. The van der Waals surface area contributed by atoms with Crippen molar-refractivity contribution < 1.29 is 9.53 Å². The highest BCUT2D eigenvalue weighted by molar-refractivity contribution is 9.10. The second kappa shape index (κ2) is 9.15. The van der Waals surface area contributed by atoms with Crippen molar-refractivity contribution in [3.05, 3.63) is 125 Å². The minimum absolute atomic E-state index is 0.0572. The molecule has 3 aromatic carbocycles. The highest BCUT2D eigenvalue weighted by Gasteiger charge is 2.32. The molecule has 0 saturated carbocycles. The largest absolute Gasteiger partial charge is 0.426 e. The Morgan fingerprint density at radius 1 is 1.08 bits per heavy atom. The summed E-state index contributed by atoms with van der Waals surface area (Å²) in [4.78, 5) is 30.9. The van der Waals surface area contributed by atoms with Crippen molar-refractivity contribution in [2.75, 3.05) is 0 Å². The number of aryl methyl sites for hydroxylation is 1. The van der Waals surface area contributed by atoms with Crippen LogP contribution in [0.4, 0.5) is 0 Å². The van der Waals surface area contributed by atoms with E-state index in [1.54, 1.807) is 6.07 Å². The summed E-state index contributed by atoms with van der Waals surface area (Å²) in [6.07, 6.45) is 3.66. The standard InChI is InChI=1S/C29H21BrN2O3S/c1-17(33)35-24-14-11-18(15-23(24)30)16-25-28(34)32-27(20-8-3-2-4-9-20)22-13-12-19-7-5-6-10-21(19)26(22)31-29(32)36-25/h2-11,14-16,27H,12-13H2,1H3/b25-16+/t27-/m0/s1. The number of carbonyl (C=O) groups excluding carboxylic acids is 1. The van der Waals surface area contributed by atoms with Gasteiger partial charge in [-0.25, -0.2) is 4.99 Å². The minimum Gasteiger partial charge on any atom is -0.426 e. The normalized spacial score (nSPS) is 16.6. The number of aromatic nitrogens is 1. The number of rotatable bonds is 3. The average molecular weight is 557 g/mol. The molecule has 0 saturated heterocycles. The van der Waals surface area contributed by atoms with E-state index < -0.39 is 0 Å². The zero-order valence-corrected chi connectivity index (χ0v) is 21.8. The van der Waals surface area contributed by atoms with Gasteiger partial charge in [0.25, 0.3) is 5.56 Å². The summed E-state index contributed by atoms with van der Waals surface area (Å²) in [5.74, 6) is 0.0553. The number of halogens is 1. The molecule has 5 nitrogen and oxygen atoms in total. The van der Waals surface area contributed by atoms with Gasteiger partial charge in [0.05, 0.1) is 20.7 Å². The molecule has 1 aromatic heterocycles. The first-order valence-corrected chi connectivity index (χ1v) is 13.3. The number of esters is 1. The third-order valence-electron chi connectivity index (χ3n) is 6.50. The van der Waals surface area contributed by atoms with Gasteiger partial charge >= 0.3 is 5.97 Å². The van der Waals surface area contributed by atoms with E-state index in [1.807, 2.05) is 41.0 Å². The first-order chi connectivity index (χ1) is 17.5. The summed E-state index contributed by atoms with van der Waals surface area (Å²) in [6, 6.07) is 23.8.